The second kappa shape index (κ2) is 8.31. The van der Waals surface area contributed by atoms with Crippen molar-refractivity contribution in [2.45, 2.75) is 12.6 Å². The van der Waals surface area contributed by atoms with E-state index in [1.54, 1.807) is 62.0 Å². The van der Waals surface area contributed by atoms with Gasteiger partial charge >= 0.3 is 0 Å². The monoisotopic (exact) mass is 444 g/mol. The zero-order chi connectivity index (χ0) is 22.9. The summed E-state index contributed by atoms with van der Waals surface area (Å²) in [6.45, 7) is 0.266. The molecule has 1 aromatic heterocycles. The summed E-state index contributed by atoms with van der Waals surface area (Å²) in [4.78, 5) is 31.7. The van der Waals surface area contributed by atoms with Gasteiger partial charge in [-0.1, -0.05) is 12.1 Å². The van der Waals surface area contributed by atoms with Crippen LogP contribution in [0.1, 0.15) is 22.7 Å². The van der Waals surface area contributed by atoms with Gasteiger partial charge < -0.3 is 24.2 Å². The molecule has 0 saturated carbocycles. The van der Waals surface area contributed by atoms with E-state index in [9.17, 15) is 14.7 Å². The number of fused-ring (bicyclic) bond motifs is 1. The van der Waals surface area contributed by atoms with Crippen molar-refractivity contribution in [2.24, 2.45) is 0 Å². The highest BCUT2D eigenvalue weighted by Crippen LogP contribution is 2.42. The first-order valence-electron chi connectivity index (χ1n) is 10.3. The highest BCUT2D eigenvalue weighted by molar-refractivity contribution is 6.46. The van der Waals surface area contributed by atoms with Gasteiger partial charge in [-0.3, -0.25) is 14.6 Å². The van der Waals surface area contributed by atoms with Crippen LogP contribution in [0.25, 0.3) is 5.76 Å². The van der Waals surface area contributed by atoms with Crippen molar-refractivity contribution in [2.75, 3.05) is 13.9 Å². The standard InChI is InChI=1S/C25H20N2O6/c1-31-18-5-2-15(3-6-18)13-27-22(16-8-10-26-11-9-16)21(24(29)25(27)30)23(28)17-4-7-19-20(12-17)33-14-32-19/h2-12,22,28H,13-14H2,1H3/b23-21-. The van der Waals surface area contributed by atoms with Gasteiger partial charge in [-0.25, -0.2) is 0 Å². The van der Waals surface area contributed by atoms with E-state index in [1.807, 2.05) is 12.1 Å². The first-order chi connectivity index (χ1) is 16.1. The largest absolute Gasteiger partial charge is 0.507 e. The van der Waals surface area contributed by atoms with Gasteiger partial charge in [0.25, 0.3) is 11.7 Å². The zero-order valence-electron chi connectivity index (χ0n) is 17.7. The Morgan fingerprint density at radius 2 is 1.79 bits per heavy atom. The van der Waals surface area contributed by atoms with Crippen LogP contribution in [-0.2, 0) is 16.1 Å². The number of aromatic nitrogens is 1. The van der Waals surface area contributed by atoms with Crippen molar-refractivity contribution in [1.82, 2.24) is 9.88 Å². The number of aliphatic hydroxyl groups is 1. The van der Waals surface area contributed by atoms with Crippen molar-refractivity contribution in [1.29, 1.82) is 0 Å². The summed E-state index contributed by atoms with van der Waals surface area (Å²) in [7, 11) is 1.58. The summed E-state index contributed by atoms with van der Waals surface area (Å²) in [6.07, 6.45) is 3.17. The second-order valence-corrected chi connectivity index (χ2v) is 7.62. The van der Waals surface area contributed by atoms with Crippen LogP contribution in [0, 0.1) is 0 Å². The molecule has 2 aliphatic heterocycles. The van der Waals surface area contributed by atoms with Crippen LogP contribution in [0.4, 0.5) is 0 Å². The van der Waals surface area contributed by atoms with E-state index in [-0.39, 0.29) is 24.7 Å². The first-order valence-corrected chi connectivity index (χ1v) is 10.3. The number of aliphatic hydroxyl groups excluding tert-OH is 1. The van der Waals surface area contributed by atoms with Gasteiger partial charge in [0, 0.05) is 24.5 Å². The molecule has 1 atom stereocenters. The van der Waals surface area contributed by atoms with E-state index in [4.69, 9.17) is 14.2 Å². The lowest BCUT2D eigenvalue weighted by Gasteiger charge is -2.25. The summed E-state index contributed by atoms with van der Waals surface area (Å²) < 4.78 is 15.9. The van der Waals surface area contributed by atoms with Gasteiger partial charge in [0.1, 0.15) is 11.5 Å². The minimum Gasteiger partial charge on any atom is -0.507 e. The molecule has 1 amide bonds. The molecule has 3 heterocycles. The molecule has 1 N–H and O–H groups in total. The Bertz CT molecular complexity index is 1250. The number of ether oxygens (including phenoxy) is 3. The lowest BCUT2D eigenvalue weighted by molar-refractivity contribution is -0.140. The molecular formula is C25H20N2O6. The van der Waals surface area contributed by atoms with E-state index < -0.39 is 17.7 Å². The van der Waals surface area contributed by atoms with Crippen LogP contribution in [0.3, 0.4) is 0 Å². The van der Waals surface area contributed by atoms with Crippen LogP contribution < -0.4 is 14.2 Å². The molecule has 2 aromatic carbocycles. The summed E-state index contributed by atoms with van der Waals surface area (Å²) in [5.41, 5.74) is 1.86. The van der Waals surface area contributed by atoms with Crippen molar-refractivity contribution in [3.8, 4) is 17.2 Å². The fraction of sp³-hybridized carbons (Fsp3) is 0.160. The normalized spacial score (nSPS) is 18.6. The Kier molecular flexibility index (Phi) is 5.18. The molecule has 8 heteroatoms. The fourth-order valence-corrected chi connectivity index (χ4v) is 4.06. The fourth-order valence-electron chi connectivity index (χ4n) is 4.06. The Balaban J connectivity index is 1.59. The number of Topliss-reactive ketones (excluding diaryl/α,β-unsaturated/α-hetero) is 1. The van der Waals surface area contributed by atoms with Gasteiger partial charge in [-0.2, -0.15) is 0 Å². The average molecular weight is 444 g/mol. The number of hydrogen-bond donors (Lipinski definition) is 1. The lowest BCUT2D eigenvalue weighted by Crippen LogP contribution is -2.29. The van der Waals surface area contributed by atoms with Crippen LogP contribution in [-0.4, -0.2) is 40.6 Å². The summed E-state index contributed by atoms with van der Waals surface area (Å²) in [5, 5.41) is 11.2. The van der Waals surface area contributed by atoms with Gasteiger partial charge in [0.15, 0.2) is 11.5 Å². The molecule has 33 heavy (non-hydrogen) atoms. The van der Waals surface area contributed by atoms with Gasteiger partial charge in [0.2, 0.25) is 6.79 Å². The maximum absolute atomic E-state index is 13.1. The number of carbonyl (C=O) groups is 2. The molecule has 8 nitrogen and oxygen atoms in total. The SMILES string of the molecule is COc1ccc(CN2C(=O)C(=O)/C(=C(\O)c3ccc4c(c3)OCO4)C2c2ccncc2)cc1. The van der Waals surface area contributed by atoms with Crippen LogP contribution in [0.5, 0.6) is 17.2 Å². The van der Waals surface area contributed by atoms with Crippen molar-refractivity contribution in [3.05, 3.63) is 89.3 Å². The number of amides is 1. The molecular weight excluding hydrogens is 424 g/mol. The minimum absolute atomic E-state index is 0.0126. The van der Waals surface area contributed by atoms with Crippen molar-refractivity contribution >= 4 is 17.4 Å². The first kappa shape index (κ1) is 20.6. The summed E-state index contributed by atoms with van der Waals surface area (Å²) in [6, 6.07) is 14.8. The zero-order valence-corrected chi connectivity index (χ0v) is 17.7. The Morgan fingerprint density at radius 1 is 1.06 bits per heavy atom. The minimum atomic E-state index is -0.777. The van der Waals surface area contributed by atoms with Crippen molar-refractivity contribution < 1.29 is 28.9 Å². The lowest BCUT2D eigenvalue weighted by atomic mass is 9.95. The van der Waals surface area contributed by atoms with Crippen LogP contribution in [0.15, 0.2) is 72.6 Å². The maximum Gasteiger partial charge on any atom is 0.295 e. The van der Waals surface area contributed by atoms with Gasteiger partial charge in [0.05, 0.1) is 18.7 Å². The number of methoxy groups -OCH3 is 1. The molecule has 0 aliphatic carbocycles. The number of likely N-dealkylation sites (tertiary alicyclic amines) is 1. The third kappa shape index (κ3) is 3.65. The van der Waals surface area contributed by atoms with Crippen LogP contribution >= 0.6 is 0 Å². The summed E-state index contributed by atoms with van der Waals surface area (Å²) in [5.74, 6) is -0.000401. The highest BCUT2D eigenvalue weighted by atomic mass is 16.7. The number of benzene rings is 2. The summed E-state index contributed by atoms with van der Waals surface area (Å²) >= 11 is 0. The number of rotatable bonds is 5. The molecule has 0 radical (unpaired) electrons. The Hall–Kier alpha value is -4.33. The molecule has 0 spiro atoms. The molecule has 3 aromatic rings. The number of hydrogen-bond acceptors (Lipinski definition) is 7. The molecule has 1 saturated heterocycles. The number of pyridine rings is 1. The Morgan fingerprint density at radius 3 is 2.52 bits per heavy atom. The quantitative estimate of drug-likeness (QED) is 0.366. The molecule has 5 rings (SSSR count). The number of nitrogens with zero attached hydrogens (tertiary/aromatic N) is 2. The van der Waals surface area contributed by atoms with Crippen LogP contribution in [0.2, 0.25) is 0 Å². The average Bonchev–Trinajstić information content (AvgIpc) is 3.42. The predicted molar refractivity (Wildman–Crippen MR) is 118 cm³/mol. The molecule has 1 unspecified atom stereocenters. The molecule has 1 fully saturated rings. The second-order valence-electron chi connectivity index (χ2n) is 7.62. The van der Waals surface area contributed by atoms with Gasteiger partial charge in [-0.15, -0.1) is 0 Å². The van der Waals surface area contributed by atoms with E-state index >= 15 is 0 Å². The predicted octanol–water partition coefficient (Wildman–Crippen LogP) is 3.44. The van der Waals surface area contributed by atoms with E-state index in [1.165, 1.54) is 4.90 Å². The highest BCUT2D eigenvalue weighted by Gasteiger charge is 2.46. The van der Waals surface area contributed by atoms with E-state index in [0.717, 1.165) is 5.56 Å². The Labute approximate surface area is 189 Å². The number of ketones is 1. The smallest absolute Gasteiger partial charge is 0.295 e. The molecule has 0 bridgehead atoms. The maximum atomic E-state index is 13.1. The van der Waals surface area contributed by atoms with E-state index in [0.29, 0.717) is 28.4 Å². The topological polar surface area (TPSA) is 98.2 Å². The van der Waals surface area contributed by atoms with E-state index in [2.05, 4.69) is 4.98 Å². The molecule has 166 valence electrons. The third-order valence-corrected chi connectivity index (χ3v) is 5.72. The number of carbonyl (C=O) groups excluding carboxylic acids is 2. The van der Waals surface area contributed by atoms with Gasteiger partial charge in [-0.05, 0) is 53.6 Å². The third-order valence-electron chi connectivity index (χ3n) is 5.72. The molecule has 2 aliphatic rings. The van der Waals surface area contributed by atoms with Crippen molar-refractivity contribution in [3.63, 3.8) is 0 Å².